The fraction of sp³-hybridized carbons (Fsp3) is 0.333. The van der Waals surface area contributed by atoms with Gasteiger partial charge >= 0.3 is 5.97 Å². The Balaban J connectivity index is 1.76. The molecule has 0 amide bonds. The Morgan fingerprint density at radius 1 is 1.35 bits per heavy atom. The first kappa shape index (κ1) is 14.1. The fourth-order valence-electron chi connectivity index (χ4n) is 2.93. The summed E-state index contributed by atoms with van der Waals surface area (Å²) >= 11 is 1.60. The van der Waals surface area contributed by atoms with Crippen LogP contribution in [0.2, 0.25) is 0 Å². The Morgan fingerprint density at radius 2 is 2.26 bits per heavy atom. The van der Waals surface area contributed by atoms with Crippen LogP contribution in [0.25, 0.3) is 17.0 Å². The van der Waals surface area contributed by atoms with Crippen molar-refractivity contribution in [2.24, 2.45) is 0 Å². The molecular formula is C15H15N5O2S. The minimum absolute atomic E-state index is 0.216. The second-order valence-corrected chi connectivity index (χ2v) is 6.15. The van der Waals surface area contributed by atoms with Crippen LogP contribution in [0, 0.1) is 0 Å². The number of ether oxygens (including phenoxy) is 1. The van der Waals surface area contributed by atoms with E-state index in [-0.39, 0.29) is 12.0 Å². The number of esters is 1. The molecule has 7 nitrogen and oxygen atoms in total. The number of hydrogen-bond donors (Lipinski definition) is 0. The molecule has 1 saturated heterocycles. The number of carbonyl (C=O) groups is 1. The smallest absolute Gasteiger partial charge is 0.328 e. The van der Waals surface area contributed by atoms with Crippen molar-refractivity contribution in [1.29, 1.82) is 0 Å². The molecule has 1 atom stereocenters. The Bertz CT molecular complexity index is 845. The minimum atomic E-state index is -0.272. The summed E-state index contributed by atoms with van der Waals surface area (Å²) in [5.74, 6) is 1.23. The van der Waals surface area contributed by atoms with Gasteiger partial charge in [-0.25, -0.2) is 4.79 Å². The van der Waals surface area contributed by atoms with Gasteiger partial charge in [0, 0.05) is 17.5 Å². The van der Waals surface area contributed by atoms with Gasteiger partial charge in [-0.2, -0.15) is 15.9 Å². The van der Waals surface area contributed by atoms with E-state index in [1.165, 1.54) is 7.11 Å². The lowest BCUT2D eigenvalue weighted by Gasteiger charge is -2.23. The number of thiophene rings is 1. The lowest BCUT2D eigenvalue weighted by Crippen LogP contribution is -2.37. The highest BCUT2D eigenvalue weighted by Crippen LogP contribution is 2.26. The van der Waals surface area contributed by atoms with Crippen molar-refractivity contribution in [1.82, 2.24) is 19.8 Å². The van der Waals surface area contributed by atoms with Crippen LogP contribution in [-0.4, -0.2) is 45.5 Å². The second-order valence-electron chi connectivity index (χ2n) is 5.37. The van der Waals surface area contributed by atoms with Crippen molar-refractivity contribution in [2.75, 3.05) is 18.6 Å². The summed E-state index contributed by atoms with van der Waals surface area (Å²) in [5.41, 5.74) is 1.67. The van der Waals surface area contributed by atoms with E-state index in [1.807, 2.05) is 33.9 Å². The van der Waals surface area contributed by atoms with Gasteiger partial charge in [-0.1, -0.05) is 0 Å². The maximum Gasteiger partial charge on any atom is 0.328 e. The molecule has 0 aliphatic carbocycles. The van der Waals surface area contributed by atoms with Crippen LogP contribution < -0.4 is 4.90 Å². The molecule has 0 radical (unpaired) electrons. The first-order valence-corrected chi connectivity index (χ1v) is 8.32. The van der Waals surface area contributed by atoms with Crippen molar-refractivity contribution in [3.05, 3.63) is 29.0 Å². The number of fused-ring (bicyclic) bond motifs is 1. The van der Waals surface area contributed by atoms with Crippen LogP contribution in [0.4, 0.5) is 5.82 Å². The van der Waals surface area contributed by atoms with E-state index >= 15 is 0 Å². The zero-order valence-corrected chi connectivity index (χ0v) is 13.4. The number of nitrogens with zero attached hydrogens (tertiary/aromatic N) is 5. The molecule has 1 aliphatic rings. The molecule has 3 aromatic rings. The normalized spacial score (nSPS) is 17.8. The number of carbonyl (C=O) groups excluding carboxylic acids is 1. The average molecular weight is 329 g/mol. The number of methoxy groups -OCH3 is 1. The second kappa shape index (κ2) is 5.62. The summed E-state index contributed by atoms with van der Waals surface area (Å²) < 4.78 is 6.63. The van der Waals surface area contributed by atoms with Crippen LogP contribution in [0.5, 0.6) is 0 Å². The van der Waals surface area contributed by atoms with Gasteiger partial charge in [-0.15, -0.1) is 15.3 Å². The summed E-state index contributed by atoms with van der Waals surface area (Å²) in [7, 11) is 1.42. The van der Waals surface area contributed by atoms with Gasteiger partial charge in [-0.05, 0) is 36.4 Å². The standard InChI is InChI=1S/C15H15N5O2S/c1-22-15(21)11-3-2-7-19(11)13-5-4-12-16-17-14(20(12)18-13)10-6-8-23-9-10/h4-6,8-9,11H,2-3,7H2,1H3/t11-/m0/s1. The highest BCUT2D eigenvalue weighted by atomic mass is 32.1. The SMILES string of the molecule is COC(=O)[C@@H]1CCCN1c1ccc2nnc(-c3ccsc3)n2n1. The topological polar surface area (TPSA) is 72.6 Å². The monoisotopic (exact) mass is 329 g/mol. The van der Waals surface area contributed by atoms with Gasteiger partial charge in [0.05, 0.1) is 7.11 Å². The van der Waals surface area contributed by atoms with E-state index < -0.39 is 0 Å². The van der Waals surface area contributed by atoms with Crippen molar-refractivity contribution in [3.8, 4) is 11.4 Å². The van der Waals surface area contributed by atoms with Crippen molar-refractivity contribution >= 4 is 28.8 Å². The van der Waals surface area contributed by atoms with Gasteiger partial charge in [0.25, 0.3) is 0 Å². The van der Waals surface area contributed by atoms with E-state index in [4.69, 9.17) is 4.74 Å². The first-order chi connectivity index (χ1) is 11.3. The number of anilines is 1. The summed E-state index contributed by atoms with van der Waals surface area (Å²) in [5, 5.41) is 17.0. The fourth-order valence-corrected chi connectivity index (χ4v) is 3.56. The van der Waals surface area contributed by atoms with Crippen molar-refractivity contribution in [3.63, 3.8) is 0 Å². The van der Waals surface area contributed by atoms with Gasteiger partial charge in [-0.3, -0.25) is 0 Å². The minimum Gasteiger partial charge on any atom is -0.467 e. The predicted molar refractivity (Wildman–Crippen MR) is 86.5 cm³/mol. The Labute approximate surface area is 136 Å². The quantitative estimate of drug-likeness (QED) is 0.684. The largest absolute Gasteiger partial charge is 0.467 e. The van der Waals surface area contributed by atoms with Crippen LogP contribution >= 0.6 is 11.3 Å². The zero-order valence-electron chi connectivity index (χ0n) is 12.5. The van der Waals surface area contributed by atoms with E-state index in [9.17, 15) is 4.79 Å². The maximum absolute atomic E-state index is 11.9. The number of aromatic nitrogens is 4. The molecule has 1 aliphatic heterocycles. The predicted octanol–water partition coefficient (Wildman–Crippen LogP) is 1.99. The summed E-state index contributed by atoms with van der Waals surface area (Å²) in [6, 6.07) is 5.47. The molecule has 1 fully saturated rings. The Kier molecular flexibility index (Phi) is 3.45. The molecule has 23 heavy (non-hydrogen) atoms. The average Bonchev–Trinajstić information content (AvgIpc) is 3.31. The molecule has 118 valence electrons. The molecular weight excluding hydrogens is 314 g/mol. The van der Waals surface area contributed by atoms with E-state index in [2.05, 4.69) is 15.3 Å². The molecule has 4 heterocycles. The lowest BCUT2D eigenvalue weighted by molar-refractivity contribution is -0.141. The third-order valence-electron chi connectivity index (χ3n) is 4.05. The number of rotatable bonds is 3. The molecule has 0 N–H and O–H groups in total. The van der Waals surface area contributed by atoms with E-state index in [0.29, 0.717) is 11.5 Å². The van der Waals surface area contributed by atoms with Gasteiger partial charge in [0.2, 0.25) is 0 Å². The van der Waals surface area contributed by atoms with Crippen molar-refractivity contribution < 1.29 is 9.53 Å². The van der Waals surface area contributed by atoms with E-state index in [0.717, 1.165) is 30.8 Å². The van der Waals surface area contributed by atoms with Crippen molar-refractivity contribution in [2.45, 2.75) is 18.9 Å². The molecule has 0 bridgehead atoms. The van der Waals surface area contributed by atoms with Gasteiger partial charge < -0.3 is 9.64 Å². The highest BCUT2D eigenvalue weighted by Gasteiger charge is 2.32. The summed E-state index contributed by atoms with van der Waals surface area (Å²) in [6.45, 7) is 0.786. The van der Waals surface area contributed by atoms with Crippen LogP contribution in [0.1, 0.15) is 12.8 Å². The zero-order chi connectivity index (χ0) is 15.8. The third kappa shape index (κ3) is 2.35. The van der Waals surface area contributed by atoms with Gasteiger partial charge in [0.1, 0.15) is 11.9 Å². The highest BCUT2D eigenvalue weighted by molar-refractivity contribution is 7.08. The lowest BCUT2D eigenvalue weighted by atomic mass is 10.2. The molecule has 3 aromatic heterocycles. The van der Waals surface area contributed by atoms with Crippen LogP contribution in [0.3, 0.4) is 0 Å². The Hall–Kier alpha value is -2.48. The van der Waals surface area contributed by atoms with E-state index in [1.54, 1.807) is 15.9 Å². The summed E-state index contributed by atoms with van der Waals surface area (Å²) in [6.07, 6.45) is 1.73. The molecule has 0 spiro atoms. The molecule has 8 heteroatoms. The first-order valence-electron chi connectivity index (χ1n) is 7.37. The molecule has 0 aromatic carbocycles. The maximum atomic E-state index is 11.9. The third-order valence-corrected chi connectivity index (χ3v) is 4.73. The Morgan fingerprint density at radius 3 is 3.04 bits per heavy atom. The van der Waals surface area contributed by atoms with Crippen LogP contribution in [-0.2, 0) is 9.53 Å². The molecule has 0 unspecified atom stereocenters. The number of hydrogen-bond acceptors (Lipinski definition) is 7. The molecule has 0 saturated carbocycles. The molecule has 4 rings (SSSR count). The summed E-state index contributed by atoms with van der Waals surface area (Å²) in [4.78, 5) is 13.9. The van der Waals surface area contributed by atoms with Crippen LogP contribution in [0.15, 0.2) is 29.0 Å². The van der Waals surface area contributed by atoms with Gasteiger partial charge in [0.15, 0.2) is 11.5 Å².